The zero-order valence-electron chi connectivity index (χ0n) is 16.0. The second kappa shape index (κ2) is 9.45. The summed E-state index contributed by atoms with van der Waals surface area (Å²) < 4.78 is 0. The lowest BCUT2D eigenvalue weighted by atomic mass is 10.1. The molecule has 0 atom stereocenters. The molecular formula is C22H20O3S3. The topological polar surface area (TPSA) is 51.2 Å². The van der Waals surface area contributed by atoms with Crippen LogP contribution in [0.5, 0.6) is 0 Å². The lowest BCUT2D eigenvalue weighted by Gasteiger charge is -2.16. The van der Waals surface area contributed by atoms with Crippen molar-refractivity contribution in [3.63, 3.8) is 0 Å². The van der Waals surface area contributed by atoms with E-state index in [9.17, 15) is 14.4 Å². The van der Waals surface area contributed by atoms with Gasteiger partial charge in [-0.2, -0.15) is 0 Å². The van der Waals surface area contributed by atoms with Gasteiger partial charge in [-0.05, 0) is 89.6 Å². The maximum atomic E-state index is 12.4. The molecule has 0 radical (unpaired) electrons. The van der Waals surface area contributed by atoms with Crippen LogP contribution in [0.1, 0.15) is 20.8 Å². The summed E-state index contributed by atoms with van der Waals surface area (Å²) in [7, 11) is 0. The van der Waals surface area contributed by atoms with E-state index in [0.29, 0.717) is 31.4 Å². The van der Waals surface area contributed by atoms with Crippen LogP contribution in [0.25, 0.3) is 10.8 Å². The minimum atomic E-state index is -0.218. The van der Waals surface area contributed by atoms with Crippen LogP contribution in [-0.4, -0.2) is 15.3 Å². The maximum Gasteiger partial charge on any atom is 0.219 e. The first-order chi connectivity index (χ1) is 13.1. The van der Waals surface area contributed by atoms with Crippen LogP contribution in [-0.2, 0) is 14.4 Å². The lowest BCUT2D eigenvalue weighted by molar-refractivity contribution is -0.108. The monoisotopic (exact) mass is 428 g/mol. The number of fused-ring (bicyclic) bond motifs is 1. The second-order valence-electron chi connectivity index (χ2n) is 6.26. The molecule has 0 heterocycles. The van der Waals surface area contributed by atoms with Crippen LogP contribution in [0.15, 0.2) is 81.5 Å². The quantitative estimate of drug-likeness (QED) is 0.391. The van der Waals surface area contributed by atoms with Gasteiger partial charge in [0.25, 0.3) is 0 Å². The first kappa shape index (κ1) is 22.3. The summed E-state index contributed by atoms with van der Waals surface area (Å²) in [6.07, 6.45) is 0. The summed E-state index contributed by atoms with van der Waals surface area (Å²) in [5.74, 6) is 0. The fourth-order valence-electron chi connectivity index (χ4n) is 2.09. The molecule has 0 saturated heterocycles. The van der Waals surface area contributed by atoms with Gasteiger partial charge < -0.3 is 0 Å². The zero-order valence-corrected chi connectivity index (χ0v) is 18.4. The Bertz CT molecular complexity index is 1030. The van der Waals surface area contributed by atoms with E-state index in [2.05, 4.69) is 19.7 Å². The first-order valence-corrected chi connectivity index (χ1v) is 10.8. The molecule has 0 N–H and O–H groups in total. The SMILES string of the molecule is C=C(C)C(=O)Sc1cc2ccccc2c(SC(=O)C(=C)C)c1SC(=O)C(=C)C. The first-order valence-electron chi connectivity index (χ1n) is 8.30. The van der Waals surface area contributed by atoms with E-state index in [-0.39, 0.29) is 15.3 Å². The lowest BCUT2D eigenvalue weighted by Crippen LogP contribution is -2.00. The normalized spacial score (nSPS) is 10.5. The van der Waals surface area contributed by atoms with Crippen molar-refractivity contribution >= 4 is 61.4 Å². The highest BCUT2D eigenvalue weighted by atomic mass is 32.2. The number of hydrogen-bond acceptors (Lipinski definition) is 6. The molecule has 0 unspecified atom stereocenters. The van der Waals surface area contributed by atoms with E-state index in [1.165, 1.54) is 0 Å². The molecule has 0 fully saturated rings. The molecule has 6 heteroatoms. The Balaban J connectivity index is 2.76. The van der Waals surface area contributed by atoms with Gasteiger partial charge in [0.15, 0.2) is 0 Å². The number of benzene rings is 2. The van der Waals surface area contributed by atoms with Crippen molar-refractivity contribution in [1.82, 2.24) is 0 Å². The van der Waals surface area contributed by atoms with Crippen molar-refractivity contribution in [3.8, 4) is 0 Å². The molecule has 0 spiro atoms. The van der Waals surface area contributed by atoms with Gasteiger partial charge in [-0.3, -0.25) is 14.4 Å². The Kier molecular flexibility index (Phi) is 7.52. The molecule has 0 aliphatic heterocycles. The van der Waals surface area contributed by atoms with Gasteiger partial charge in [0.2, 0.25) is 15.3 Å². The highest BCUT2D eigenvalue weighted by Gasteiger charge is 2.22. The van der Waals surface area contributed by atoms with Crippen LogP contribution in [0.4, 0.5) is 0 Å². The molecule has 2 aromatic rings. The Morgan fingerprint density at radius 1 is 0.714 bits per heavy atom. The van der Waals surface area contributed by atoms with E-state index >= 15 is 0 Å². The summed E-state index contributed by atoms with van der Waals surface area (Å²) >= 11 is 3.01. The molecule has 0 aliphatic rings. The predicted octanol–water partition coefficient (Wildman–Crippen LogP) is 6.42. The summed E-state index contributed by atoms with van der Waals surface area (Å²) in [6.45, 7) is 16.0. The minimum Gasteiger partial charge on any atom is -0.282 e. The molecule has 0 amide bonds. The summed E-state index contributed by atoms with van der Waals surface area (Å²) in [4.78, 5) is 39.0. The van der Waals surface area contributed by atoms with Gasteiger partial charge in [-0.25, -0.2) is 0 Å². The number of thioether (sulfide) groups is 3. The molecule has 28 heavy (non-hydrogen) atoms. The Morgan fingerprint density at radius 2 is 1.18 bits per heavy atom. The molecule has 3 nitrogen and oxygen atoms in total. The molecule has 0 bridgehead atoms. The smallest absolute Gasteiger partial charge is 0.219 e. The van der Waals surface area contributed by atoms with E-state index in [4.69, 9.17) is 0 Å². The third-order valence-corrected chi connectivity index (χ3v) is 7.22. The Morgan fingerprint density at radius 3 is 1.71 bits per heavy atom. The highest BCUT2D eigenvalue weighted by molar-refractivity contribution is 8.18. The molecule has 0 saturated carbocycles. The van der Waals surface area contributed by atoms with Crippen LogP contribution < -0.4 is 0 Å². The Labute approximate surface area is 177 Å². The van der Waals surface area contributed by atoms with Crippen LogP contribution in [0.2, 0.25) is 0 Å². The molecule has 2 aromatic carbocycles. The highest BCUT2D eigenvalue weighted by Crippen LogP contribution is 2.45. The van der Waals surface area contributed by atoms with Gasteiger partial charge >= 0.3 is 0 Å². The average Bonchev–Trinajstić information content (AvgIpc) is 2.63. The van der Waals surface area contributed by atoms with E-state index < -0.39 is 0 Å². The largest absolute Gasteiger partial charge is 0.282 e. The summed E-state index contributed by atoms with van der Waals surface area (Å²) in [6, 6.07) is 9.43. The Hall–Kier alpha value is -2.02. The molecule has 0 aliphatic carbocycles. The van der Waals surface area contributed by atoms with Crippen molar-refractivity contribution < 1.29 is 14.4 Å². The van der Waals surface area contributed by atoms with Gasteiger partial charge in [0, 0.05) is 14.7 Å². The second-order valence-corrected chi connectivity index (χ2v) is 9.24. The number of hydrogen-bond donors (Lipinski definition) is 0. The molecule has 144 valence electrons. The third-order valence-electron chi connectivity index (χ3n) is 3.56. The molecular weight excluding hydrogens is 408 g/mol. The summed E-state index contributed by atoms with van der Waals surface area (Å²) in [5, 5.41) is 1.12. The van der Waals surface area contributed by atoms with E-state index in [1.54, 1.807) is 20.8 Å². The van der Waals surface area contributed by atoms with Gasteiger partial charge in [-0.15, -0.1) is 0 Å². The van der Waals surface area contributed by atoms with Crippen LogP contribution >= 0.6 is 35.3 Å². The van der Waals surface area contributed by atoms with Crippen molar-refractivity contribution in [2.75, 3.05) is 0 Å². The van der Waals surface area contributed by atoms with E-state index in [1.807, 2.05) is 30.3 Å². The predicted molar refractivity (Wildman–Crippen MR) is 121 cm³/mol. The van der Waals surface area contributed by atoms with Crippen LogP contribution in [0, 0.1) is 0 Å². The minimum absolute atomic E-state index is 0.192. The number of carbonyl (C=O) groups excluding carboxylic acids is 3. The molecule has 0 aromatic heterocycles. The van der Waals surface area contributed by atoms with Crippen molar-refractivity contribution in [3.05, 3.63) is 66.8 Å². The zero-order chi connectivity index (χ0) is 21.0. The van der Waals surface area contributed by atoms with Crippen LogP contribution in [0.3, 0.4) is 0 Å². The van der Waals surface area contributed by atoms with Crippen molar-refractivity contribution in [1.29, 1.82) is 0 Å². The maximum absolute atomic E-state index is 12.4. The van der Waals surface area contributed by atoms with E-state index in [0.717, 1.165) is 46.1 Å². The van der Waals surface area contributed by atoms with Gasteiger partial charge in [0.05, 0.1) is 0 Å². The van der Waals surface area contributed by atoms with Gasteiger partial charge in [0.1, 0.15) is 0 Å². The third kappa shape index (κ3) is 5.28. The number of carbonyl (C=O) groups is 3. The van der Waals surface area contributed by atoms with Gasteiger partial charge in [-0.1, -0.05) is 44.0 Å². The fraction of sp³-hybridized carbons (Fsp3) is 0.136. The fourth-order valence-corrected chi connectivity index (χ4v) is 4.99. The van der Waals surface area contributed by atoms with Crippen molar-refractivity contribution in [2.45, 2.75) is 35.5 Å². The number of rotatable bonds is 6. The summed E-state index contributed by atoms with van der Waals surface area (Å²) in [5.41, 5.74) is 1.21. The molecule has 2 rings (SSSR count). The van der Waals surface area contributed by atoms with Crippen molar-refractivity contribution in [2.24, 2.45) is 0 Å². The standard InChI is InChI=1S/C22H20O3S3/c1-12(2)20(23)26-17-11-15-9-7-8-10-16(15)18(27-21(24)13(3)4)19(17)28-22(25)14(5)6/h7-11H,1,3,5H2,2,4,6H3. The average molecular weight is 429 g/mol.